The average molecular weight is 478 g/mol. The third kappa shape index (κ3) is 4.00. The van der Waals surface area contributed by atoms with Gasteiger partial charge in [-0.2, -0.15) is 0 Å². The van der Waals surface area contributed by atoms with Gasteiger partial charge in [0.1, 0.15) is 12.1 Å². The number of anilines is 1. The summed E-state index contributed by atoms with van der Waals surface area (Å²) in [5, 5.41) is 7.41. The first-order valence-corrected chi connectivity index (χ1v) is 12.4. The van der Waals surface area contributed by atoms with Crippen LogP contribution in [0.3, 0.4) is 0 Å². The predicted molar refractivity (Wildman–Crippen MR) is 118 cm³/mol. The molecule has 1 aliphatic heterocycles. The number of nitrogens with zero attached hydrogens (tertiary/aromatic N) is 3. The number of carbonyl (C=O) groups is 3. The van der Waals surface area contributed by atoms with Crippen LogP contribution in [0.5, 0.6) is 0 Å². The van der Waals surface area contributed by atoms with Gasteiger partial charge in [0, 0.05) is 25.0 Å². The van der Waals surface area contributed by atoms with E-state index in [0.29, 0.717) is 29.2 Å². The molecule has 2 aliphatic rings. The van der Waals surface area contributed by atoms with Crippen LogP contribution >= 0.6 is 11.3 Å². The van der Waals surface area contributed by atoms with Gasteiger partial charge in [-0.3, -0.25) is 14.5 Å². The van der Waals surface area contributed by atoms with Gasteiger partial charge < -0.3 is 10.6 Å². The van der Waals surface area contributed by atoms with E-state index in [0.717, 1.165) is 22.0 Å². The molecule has 0 atom stereocenters. The number of carbonyl (C=O) groups excluding carboxylic acids is 3. The topological polar surface area (TPSA) is 129 Å². The quantitative estimate of drug-likeness (QED) is 0.611. The lowest BCUT2D eigenvalue weighted by molar-refractivity contribution is -0.133. The van der Waals surface area contributed by atoms with Crippen LogP contribution in [0.25, 0.3) is 11.3 Å². The molecule has 2 fully saturated rings. The Balaban J connectivity index is 1.41. The van der Waals surface area contributed by atoms with Crippen LogP contribution in [0.15, 0.2) is 34.5 Å². The van der Waals surface area contributed by atoms with Crippen molar-refractivity contribution in [1.29, 1.82) is 0 Å². The molecular formula is C20H23N5O5S2. The molecule has 12 heteroatoms. The van der Waals surface area contributed by atoms with Gasteiger partial charge in [0.2, 0.25) is 15.9 Å². The number of rotatable bonds is 6. The van der Waals surface area contributed by atoms with E-state index < -0.39 is 27.5 Å². The monoisotopic (exact) mass is 477 g/mol. The van der Waals surface area contributed by atoms with E-state index in [1.165, 1.54) is 37.6 Å². The fourth-order valence-electron chi connectivity index (χ4n) is 3.91. The van der Waals surface area contributed by atoms with Gasteiger partial charge in [-0.25, -0.2) is 22.5 Å². The zero-order valence-electron chi connectivity index (χ0n) is 17.6. The molecule has 1 saturated carbocycles. The Morgan fingerprint density at radius 1 is 1.22 bits per heavy atom. The van der Waals surface area contributed by atoms with Gasteiger partial charge in [0.15, 0.2) is 5.13 Å². The van der Waals surface area contributed by atoms with E-state index in [4.69, 9.17) is 0 Å². The Bertz CT molecular complexity index is 1170. The normalized spacial score (nSPS) is 17.9. The van der Waals surface area contributed by atoms with Crippen molar-refractivity contribution in [3.8, 4) is 11.3 Å². The number of urea groups is 1. The minimum absolute atomic E-state index is 0.170. The first-order valence-electron chi connectivity index (χ1n) is 10.0. The van der Waals surface area contributed by atoms with Crippen molar-refractivity contribution < 1.29 is 22.8 Å². The number of sulfonamides is 1. The van der Waals surface area contributed by atoms with Gasteiger partial charge in [0.25, 0.3) is 5.91 Å². The lowest BCUT2D eigenvalue weighted by atomic mass is 9.98. The summed E-state index contributed by atoms with van der Waals surface area (Å²) < 4.78 is 25.5. The summed E-state index contributed by atoms with van der Waals surface area (Å²) in [5.41, 5.74) is 0.411. The number of hydrogen-bond donors (Lipinski definition) is 2. The van der Waals surface area contributed by atoms with E-state index in [-0.39, 0.29) is 17.3 Å². The molecule has 2 heterocycles. The van der Waals surface area contributed by atoms with Gasteiger partial charge in [-0.15, -0.1) is 11.3 Å². The number of amides is 4. The van der Waals surface area contributed by atoms with E-state index in [2.05, 4.69) is 15.6 Å². The fourth-order valence-corrected chi connectivity index (χ4v) is 5.55. The van der Waals surface area contributed by atoms with Crippen LogP contribution in [-0.2, 0) is 19.6 Å². The molecule has 2 aromatic rings. The van der Waals surface area contributed by atoms with E-state index in [1.807, 2.05) is 0 Å². The van der Waals surface area contributed by atoms with Gasteiger partial charge in [-0.1, -0.05) is 25.0 Å². The molecule has 4 rings (SSSR count). The number of thiazole rings is 1. The molecule has 170 valence electrons. The maximum atomic E-state index is 12.7. The minimum atomic E-state index is -3.52. The molecule has 0 bridgehead atoms. The highest BCUT2D eigenvalue weighted by Gasteiger charge is 2.52. The lowest BCUT2D eigenvalue weighted by Crippen LogP contribution is -2.44. The van der Waals surface area contributed by atoms with Crippen molar-refractivity contribution in [3.05, 3.63) is 29.6 Å². The standard InChI is InChI=1S/C20H23N5O5S2/c1-24(2)32(29,30)14-7-5-13(6-8-14)15-12-31-18(21-15)22-16(26)11-25-17(27)20(23-19(25)28)9-3-4-10-20/h5-8,12H,3-4,9-11H2,1-2H3,(H,23,28)(H,21,22,26). The second-order valence-electron chi connectivity index (χ2n) is 8.01. The average Bonchev–Trinajstić information content (AvgIpc) is 3.46. The molecule has 0 unspecified atom stereocenters. The van der Waals surface area contributed by atoms with Crippen molar-refractivity contribution in [3.63, 3.8) is 0 Å². The van der Waals surface area contributed by atoms with Crippen LogP contribution in [0.2, 0.25) is 0 Å². The summed E-state index contributed by atoms with van der Waals surface area (Å²) in [5.74, 6) is -0.861. The van der Waals surface area contributed by atoms with Crippen LogP contribution in [0.4, 0.5) is 9.93 Å². The van der Waals surface area contributed by atoms with Crippen molar-refractivity contribution in [1.82, 2.24) is 19.5 Å². The smallest absolute Gasteiger partial charge is 0.323 e. The second-order valence-corrected chi connectivity index (χ2v) is 11.0. The second kappa shape index (κ2) is 8.26. The number of hydrogen-bond acceptors (Lipinski definition) is 7. The molecule has 1 spiro atoms. The summed E-state index contributed by atoms with van der Waals surface area (Å²) in [4.78, 5) is 42.8. The Hall–Kier alpha value is -2.83. The molecular weight excluding hydrogens is 454 g/mol. The SMILES string of the molecule is CN(C)S(=O)(=O)c1ccc(-c2csc(NC(=O)CN3C(=O)NC4(CCCC4)C3=O)n2)cc1. The highest BCUT2D eigenvalue weighted by molar-refractivity contribution is 7.89. The predicted octanol–water partition coefficient (Wildman–Crippen LogP) is 1.86. The summed E-state index contributed by atoms with van der Waals surface area (Å²) >= 11 is 1.19. The first-order chi connectivity index (χ1) is 15.1. The molecule has 32 heavy (non-hydrogen) atoms. The lowest BCUT2D eigenvalue weighted by Gasteiger charge is -2.19. The summed E-state index contributed by atoms with van der Waals surface area (Å²) in [6.45, 7) is -0.377. The van der Waals surface area contributed by atoms with Crippen LogP contribution in [0, 0.1) is 0 Å². The van der Waals surface area contributed by atoms with E-state index >= 15 is 0 Å². The summed E-state index contributed by atoms with van der Waals surface area (Å²) in [7, 11) is -0.594. The Kier molecular flexibility index (Phi) is 5.77. The van der Waals surface area contributed by atoms with E-state index in [9.17, 15) is 22.8 Å². The largest absolute Gasteiger partial charge is 0.325 e. The van der Waals surface area contributed by atoms with Crippen LogP contribution in [0.1, 0.15) is 25.7 Å². The maximum absolute atomic E-state index is 12.7. The maximum Gasteiger partial charge on any atom is 0.325 e. The molecule has 2 N–H and O–H groups in total. The van der Waals surface area contributed by atoms with Gasteiger partial charge in [0.05, 0.1) is 10.6 Å². The fraction of sp³-hybridized carbons (Fsp3) is 0.400. The van der Waals surface area contributed by atoms with Crippen molar-refractivity contribution in [2.45, 2.75) is 36.1 Å². The number of imide groups is 1. The highest BCUT2D eigenvalue weighted by atomic mass is 32.2. The molecule has 4 amide bonds. The Morgan fingerprint density at radius 2 is 1.88 bits per heavy atom. The first kappa shape index (κ1) is 22.4. The summed E-state index contributed by atoms with van der Waals surface area (Å²) in [6.07, 6.45) is 2.94. The van der Waals surface area contributed by atoms with Crippen molar-refractivity contribution in [2.75, 3.05) is 26.0 Å². The zero-order chi connectivity index (χ0) is 23.1. The van der Waals surface area contributed by atoms with Gasteiger partial charge in [-0.05, 0) is 25.0 Å². The number of nitrogens with one attached hydrogen (secondary N) is 2. The van der Waals surface area contributed by atoms with E-state index in [1.54, 1.807) is 17.5 Å². The van der Waals surface area contributed by atoms with Crippen molar-refractivity contribution in [2.24, 2.45) is 0 Å². The highest BCUT2D eigenvalue weighted by Crippen LogP contribution is 2.35. The van der Waals surface area contributed by atoms with Crippen LogP contribution < -0.4 is 10.6 Å². The van der Waals surface area contributed by atoms with Crippen molar-refractivity contribution >= 4 is 44.3 Å². The molecule has 1 aliphatic carbocycles. The third-order valence-electron chi connectivity index (χ3n) is 5.68. The molecule has 1 saturated heterocycles. The molecule has 0 radical (unpaired) electrons. The molecule has 1 aromatic heterocycles. The van der Waals surface area contributed by atoms with Gasteiger partial charge >= 0.3 is 6.03 Å². The number of aromatic nitrogens is 1. The van der Waals surface area contributed by atoms with Crippen LogP contribution in [-0.4, -0.2) is 66.6 Å². The molecule has 1 aromatic carbocycles. The Morgan fingerprint density at radius 3 is 2.50 bits per heavy atom. The minimum Gasteiger partial charge on any atom is -0.323 e. The Labute approximate surface area is 189 Å². The zero-order valence-corrected chi connectivity index (χ0v) is 19.3. The number of benzene rings is 1. The molecule has 10 nitrogen and oxygen atoms in total. The third-order valence-corrected chi connectivity index (χ3v) is 8.27. The summed E-state index contributed by atoms with van der Waals surface area (Å²) in [6, 6.07) is 5.74.